The number of nitrogens with zero attached hydrogens (tertiary/aromatic N) is 1. The molecular formula is C33H23NS. The monoisotopic (exact) mass is 465 g/mol. The van der Waals surface area contributed by atoms with E-state index in [1.165, 1.54) is 53.0 Å². The van der Waals surface area contributed by atoms with Crippen molar-refractivity contribution in [2.45, 2.75) is 6.92 Å². The van der Waals surface area contributed by atoms with E-state index in [-0.39, 0.29) is 0 Å². The van der Waals surface area contributed by atoms with Gasteiger partial charge in [-0.05, 0) is 59.5 Å². The molecule has 0 aliphatic heterocycles. The summed E-state index contributed by atoms with van der Waals surface area (Å²) in [7, 11) is 0. The summed E-state index contributed by atoms with van der Waals surface area (Å²) < 4.78 is 2.65. The number of fused-ring (bicyclic) bond motifs is 7. The zero-order valence-corrected chi connectivity index (χ0v) is 20.2. The Balaban J connectivity index is 1.61. The second-order valence-electron chi connectivity index (χ2n) is 9.08. The normalized spacial score (nSPS) is 11.6. The van der Waals surface area contributed by atoms with Gasteiger partial charge in [0.05, 0.1) is 5.69 Å². The fraction of sp³-hybridized carbons (Fsp3) is 0.0303. The lowest BCUT2D eigenvalue weighted by atomic mass is 9.98. The molecule has 0 aliphatic rings. The van der Waals surface area contributed by atoms with Gasteiger partial charge in [0.2, 0.25) is 0 Å². The van der Waals surface area contributed by atoms with Crippen LogP contribution in [0.15, 0.2) is 121 Å². The van der Waals surface area contributed by atoms with Gasteiger partial charge in [0, 0.05) is 36.9 Å². The zero-order chi connectivity index (χ0) is 23.4. The molecule has 7 aromatic rings. The third kappa shape index (κ3) is 3.22. The first-order chi connectivity index (χ1) is 17.3. The molecule has 166 valence electrons. The van der Waals surface area contributed by atoms with Crippen molar-refractivity contribution in [3.05, 3.63) is 127 Å². The summed E-state index contributed by atoms with van der Waals surface area (Å²) in [6, 6.07) is 44.1. The van der Waals surface area contributed by atoms with Gasteiger partial charge in [-0.2, -0.15) is 0 Å². The van der Waals surface area contributed by atoms with Crippen LogP contribution in [0.5, 0.6) is 0 Å². The van der Waals surface area contributed by atoms with Gasteiger partial charge in [-0.1, -0.05) is 90.5 Å². The van der Waals surface area contributed by atoms with E-state index >= 15 is 0 Å². The molecule has 1 nitrogen and oxygen atoms in total. The van der Waals surface area contributed by atoms with Crippen molar-refractivity contribution in [2.75, 3.05) is 4.90 Å². The minimum Gasteiger partial charge on any atom is -0.310 e. The molecule has 0 bridgehead atoms. The van der Waals surface area contributed by atoms with Gasteiger partial charge in [0.15, 0.2) is 0 Å². The molecule has 6 aromatic carbocycles. The number of hydrogen-bond donors (Lipinski definition) is 0. The van der Waals surface area contributed by atoms with Gasteiger partial charge < -0.3 is 4.90 Å². The molecule has 0 fully saturated rings. The average molecular weight is 466 g/mol. The van der Waals surface area contributed by atoms with Gasteiger partial charge in [-0.15, -0.1) is 11.3 Å². The van der Waals surface area contributed by atoms with Crippen LogP contribution in [-0.4, -0.2) is 0 Å². The van der Waals surface area contributed by atoms with Crippen LogP contribution < -0.4 is 4.90 Å². The molecule has 7 rings (SSSR count). The SMILES string of the molecule is Cc1ccc(N(c2ccccc2)c2cc3sc4ccc5ccccc5c4c3c3ccccc23)cc1. The van der Waals surface area contributed by atoms with Crippen LogP contribution in [0.2, 0.25) is 0 Å². The number of benzene rings is 6. The van der Waals surface area contributed by atoms with Crippen molar-refractivity contribution < 1.29 is 0 Å². The summed E-state index contributed by atoms with van der Waals surface area (Å²) in [5.41, 5.74) is 4.79. The lowest BCUT2D eigenvalue weighted by molar-refractivity contribution is 1.29. The summed E-state index contributed by atoms with van der Waals surface area (Å²) in [5.74, 6) is 0. The van der Waals surface area contributed by atoms with Gasteiger partial charge in [0.25, 0.3) is 0 Å². The van der Waals surface area contributed by atoms with Gasteiger partial charge in [0.1, 0.15) is 0 Å². The molecule has 0 unspecified atom stereocenters. The van der Waals surface area contributed by atoms with E-state index in [0.29, 0.717) is 0 Å². The number of thiophene rings is 1. The van der Waals surface area contributed by atoms with Crippen LogP contribution >= 0.6 is 11.3 Å². The fourth-order valence-electron chi connectivity index (χ4n) is 5.27. The molecule has 0 radical (unpaired) electrons. The molecule has 1 aromatic heterocycles. The van der Waals surface area contributed by atoms with Crippen LogP contribution in [0.1, 0.15) is 5.56 Å². The largest absolute Gasteiger partial charge is 0.310 e. The molecule has 0 spiro atoms. The fourth-order valence-corrected chi connectivity index (χ4v) is 6.44. The Kier molecular flexibility index (Phi) is 4.61. The van der Waals surface area contributed by atoms with E-state index in [2.05, 4.69) is 133 Å². The van der Waals surface area contributed by atoms with Crippen molar-refractivity contribution in [2.24, 2.45) is 0 Å². The van der Waals surface area contributed by atoms with Crippen LogP contribution in [0.25, 0.3) is 41.7 Å². The summed E-state index contributed by atoms with van der Waals surface area (Å²) in [5, 5.41) is 7.91. The third-order valence-corrected chi connectivity index (χ3v) is 8.00. The predicted octanol–water partition coefficient (Wildman–Crippen LogP) is 10.1. The first-order valence-electron chi connectivity index (χ1n) is 12.0. The van der Waals surface area contributed by atoms with Gasteiger partial charge >= 0.3 is 0 Å². The van der Waals surface area contributed by atoms with E-state index in [0.717, 1.165) is 11.4 Å². The Morgan fingerprint density at radius 3 is 1.94 bits per heavy atom. The molecular weight excluding hydrogens is 442 g/mol. The van der Waals surface area contributed by atoms with Crippen molar-refractivity contribution >= 4 is 70.1 Å². The van der Waals surface area contributed by atoms with Crippen LogP contribution in [0, 0.1) is 6.92 Å². The highest BCUT2D eigenvalue weighted by Crippen LogP contribution is 2.47. The Hall–Kier alpha value is -4.14. The highest BCUT2D eigenvalue weighted by atomic mass is 32.1. The van der Waals surface area contributed by atoms with E-state index in [4.69, 9.17) is 0 Å². The van der Waals surface area contributed by atoms with Crippen molar-refractivity contribution in [1.29, 1.82) is 0 Å². The minimum atomic E-state index is 1.16. The lowest BCUT2D eigenvalue weighted by Gasteiger charge is -2.27. The summed E-state index contributed by atoms with van der Waals surface area (Å²) in [6.07, 6.45) is 0. The maximum Gasteiger partial charge on any atom is 0.0554 e. The van der Waals surface area contributed by atoms with E-state index in [1.54, 1.807) is 0 Å². The van der Waals surface area contributed by atoms with E-state index in [1.807, 2.05) is 11.3 Å². The smallest absolute Gasteiger partial charge is 0.0554 e. The Morgan fingerprint density at radius 1 is 0.514 bits per heavy atom. The van der Waals surface area contributed by atoms with E-state index in [9.17, 15) is 0 Å². The van der Waals surface area contributed by atoms with Crippen LogP contribution in [-0.2, 0) is 0 Å². The third-order valence-electron chi connectivity index (χ3n) is 6.89. The molecule has 0 atom stereocenters. The molecule has 0 N–H and O–H groups in total. The number of rotatable bonds is 3. The zero-order valence-electron chi connectivity index (χ0n) is 19.4. The van der Waals surface area contributed by atoms with E-state index < -0.39 is 0 Å². The van der Waals surface area contributed by atoms with Gasteiger partial charge in [-0.25, -0.2) is 0 Å². The Morgan fingerprint density at radius 2 is 1.14 bits per heavy atom. The maximum absolute atomic E-state index is 2.39. The number of para-hydroxylation sites is 1. The summed E-state index contributed by atoms with van der Waals surface area (Å²) in [4.78, 5) is 2.39. The minimum absolute atomic E-state index is 1.16. The van der Waals surface area contributed by atoms with Crippen molar-refractivity contribution in [1.82, 2.24) is 0 Å². The quantitative estimate of drug-likeness (QED) is 0.251. The molecule has 0 saturated carbocycles. The van der Waals surface area contributed by atoms with Crippen molar-refractivity contribution in [3.8, 4) is 0 Å². The highest BCUT2D eigenvalue weighted by molar-refractivity contribution is 7.26. The second-order valence-corrected chi connectivity index (χ2v) is 10.2. The molecule has 2 heteroatoms. The second kappa shape index (κ2) is 7.97. The lowest BCUT2D eigenvalue weighted by Crippen LogP contribution is -2.10. The molecule has 0 aliphatic carbocycles. The number of hydrogen-bond acceptors (Lipinski definition) is 2. The molecule has 0 saturated heterocycles. The average Bonchev–Trinajstić information content (AvgIpc) is 3.30. The Labute approximate surface area is 208 Å². The van der Waals surface area contributed by atoms with Crippen molar-refractivity contribution in [3.63, 3.8) is 0 Å². The maximum atomic E-state index is 2.39. The number of aryl methyl sites for hydroxylation is 1. The van der Waals surface area contributed by atoms with Gasteiger partial charge in [-0.3, -0.25) is 0 Å². The summed E-state index contributed by atoms with van der Waals surface area (Å²) >= 11 is 1.89. The first kappa shape index (κ1) is 20.3. The number of anilines is 3. The Bertz CT molecular complexity index is 1850. The molecule has 1 heterocycles. The standard InChI is InChI=1S/C33H23NS/c1-22-15-18-25(19-16-22)34(24-10-3-2-4-11-24)29-21-31-33(28-14-8-7-13-27(28)29)32-26-12-6-5-9-23(26)17-20-30(32)35-31/h2-21H,1H3. The summed E-state index contributed by atoms with van der Waals surface area (Å²) in [6.45, 7) is 2.14. The topological polar surface area (TPSA) is 3.24 Å². The first-order valence-corrected chi connectivity index (χ1v) is 12.8. The van der Waals surface area contributed by atoms with Crippen LogP contribution in [0.3, 0.4) is 0 Å². The highest BCUT2D eigenvalue weighted by Gasteiger charge is 2.19. The predicted molar refractivity (Wildman–Crippen MR) is 154 cm³/mol. The van der Waals surface area contributed by atoms with Crippen LogP contribution in [0.4, 0.5) is 17.1 Å². The molecule has 0 amide bonds. The molecule has 35 heavy (non-hydrogen) atoms.